The van der Waals surface area contributed by atoms with Gasteiger partial charge in [0.05, 0.1) is 11.4 Å². The third-order valence-corrected chi connectivity index (χ3v) is 3.38. The summed E-state index contributed by atoms with van der Waals surface area (Å²) in [5.74, 6) is 0.691. The van der Waals surface area contributed by atoms with Crippen molar-refractivity contribution in [1.82, 2.24) is 0 Å². The third-order valence-electron chi connectivity index (χ3n) is 3.38. The van der Waals surface area contributed by atoms with Crippen molar-refractivity contribution in [2.75, 3.05) is 30.4 Å². The minimum Gasteiger partial charge on any atom is -0.386 e. The number of nitrogens with zero attached hydrogens (tertiary/aromatic N) is 1. The van der Waals surface area contributed by atoms with E-state index in [9.17, 15) is 0 Å². The van der Waals surface area contributed by atoms with Crippen LogP contribution in [0.1, 0.15) is 46.5 Å². The Kier molecular flexibility index (Phi) is 7.39. The van der Waals surface area contributed by atoms with Crippen LogP contribution in [0.25, 0.3) is 0 Å². The normalized spacial score (nSPS) is 10.8. The maximum absolute atomic E-state index is 3.31. The third kappa shape index (κ3) is 5.54. The maximum atomic E-state index is 3.31. The number of rotatable bonds is 9. The zero-order valence-corrected chi connectivity index (χ0v) is 13.1. The molecule has 0 aromatic heterocycles. The lowest BCUT2D eigenvalue weighted by Gasteiger charge is -2.28. The average molecular weight is 262 g/mol. The zero-order valence-electron chi connectivity index (χ0n) is 13.1. The van der Waals surface area contributed by atoms with Crippen LogP contribution >= 0.6 is 0 Å². The van der Waals surface area contributed by atoms with Crippen molar-refractivity contribution in [1.29, 1.82) is 0 Å². The average Bonchev–Trinajstić information content (AvgIpc) is 2.42. The van der Waals surface area contributed by atoms with Crippen LogP contribution < -0.4 is 10.2 Å². The topological polar surface area (TPSA) is 15.3 Å². The van der Waals surface area contributed by atoms with Crippen molar-refractivity contribution in [2.45, 2.75) is 46.5 Å². The van der Waals surface area contributed by atoms with E-state index < -0.39 is 0 Å². The summed E-state index contributed by atoms with van der Waals surface area (Å²) in [6.07, 6.45) is 5.28. The van der Waals surface area contributed by atoms with E-state index in [0.29, 0.717) is 5.92 Å². The minimum absolute atomic E-state index is 0.691. The molecule has 0 spiro atoms. The van der Waals surface area contributed by atoms with Crippen LogP contribution in [0.15, 0.2) is 24.3 Å². The van der Waals surface area contributed by atoms with E-state index in [2.05, 4.69) is 55.3 Å². The summed E-state index contributed by atoms with van der Waals surface area (Å²) in [7, 11) is 2.00. The summed E-state index contributed by atoms with van der Waals surface area (Å²) in [4.78, 5) is 2.53. The van der Waals surface area contributed by atoms with Gasteiger partial charge in [0.15, 0.2) is 0 Å². The summed E-state index contributed by atoms with van der Waals surface area (Å²) >= 11 is 0. The van der Waals surface area contributed by atoms with Crippen molar-refractivity contribution >= 4 is 11.4 Å². The van der Waals surface area contributed by atoms with Crippen molar-refractivity contribution in [3.05, 3.63) is 24.3 Å². The second kappa shape index (κ2) is 8.84. The number of nitrogens with one attached hydrogen (secondary N) is 1. The van der Waals surface area contributed by atoms with Gasteiger partial charge in [0.2, 0.25) is 0 Å². The van der Waals surface area contributed by atoms with E-state index in [0.717, 1.165) is 13.1 Å². The zero-order chi connectivity index (χ0) is 14.1. The van der Waals surface area contributed by atoms with Gasteiger partial charge in [-0.05, 0) is 24.5 Å². The van der Waals surface area contributed by atoms with Gasteiger partial charge in [0.25, 0.3) is 0 Å². The van der Waals surface area contributed by atoms with E-state index in [1.807, 2.05) is 7.05 Å². The molecule has 0 amide bonds. The number of benzene rings is 1. The Balaban J connectivity index is 2.71. The van der Waals surface area contributed by atoms with Crippen molar-refractivity contribution in [3.8, 4) is 0 Å². The molecule has 2 nitrogen and oxygen atoms in total. The first-order valence-corrected chi connectivity index (χ1v) is 7.70. The Bertz CT molecular complexity index is 347. The van der Waals surface area contributed by atoms with Gasteiger partial charge in [-0.15, -0.1) is 0 Å². The van der Waals surface area contributed by atoms with Crippen LogP contribution in [-0.4, -0.2) is 20.1 Å². The van der Waals surface area contributed by atoms with Gasteiger partial charge >= 0.3 is 0 Å². The molecule has 0 saturated heterocycles. The fourth-order valence-corrected chi connectivity index (χ4v) is 2.44. The van der Waals surface area contributed by atoms with Gasteiger partial charge in [-0.2, -0.15) is 0 Å². The quantitative estimate of drug-likeness (QED) is 0.645. The lowest BCUT2D eigenvalue weighted by atomic mass is 10.1. The van der Waals surface area contributed by atoms with Crippen LogP contribution in [0.4, 0.5) is 11.4 Å². The number of unbranched alkanes of at least 4 members (excludes halogenated alkanes) is 3. The largest absolute Gasteiger partial charge is 0.386 e. The first-order chi connectivity index (χ1) is 9.19. The Hall–Kier alpha value is -1.18. The fourth-order valence-electron chi connectivity index (χ4n) is 2.44. The van der Waals surface area contributed by atoms with Crippen LogP contribution in [0.2, 0.25) is 0 Å². The van der Waals surface area contributed by atoms with Gasteiger partial charge < -0.3 is 10.2 Å². The molecule has 1 aromatic rings. The minimum atomic E-state index is 0.691. The predicted molar refractivity (Wildman–Crippen MR) is 87.2 cm³/mol. The van der Waals surface area contributed by atoms with Crippen LogP contribution in [0, 0.1) is 5.92 Å². The lowest BCUT2D eigenvalue weighted by molar-refractivity contribution is 0.581. The van der Waals surface area contributed by atoms with E-state index in [4.69, 9.17) is 0 Å². The molecule has 108 valence electrons. The highest BCUT2D eigenvalue weighted by Gasteiger charge is 2.11. The molecule has 1 N–H and O–H groups in total. The molecule has 19 heavy (non-hydrogen) atoms. The molecule has 0 aliphatic carbocycles. The summed E-state index contributed by atoms with van der Waals surface area (Å²) < 4.78 is 0. The molecular formula is C17H30N2. The Morgan fingerprint density at radius 1 is 1.11 bits per heavy atom. The molecule has 0 atom stereocenters. The Labute approximate surface area is 119 Å². The van der Waals surface area contributed by atoms with Gasteiger partial charge in [-0.1, -0.05) is 52.2 Å². The summed E-state index contributed by atoms with van der Waals surface area (Å²) in [6.45, 7) is 9.14. The second-order valence-electron chi connectivity index (χ2n) is 5.67. The Morgan fingerprint density at radius 3 is 2.47 bits per heavy atom. The fraction of sp³-hybridized carbons (Fsp3) is 0.647. The lowest BCUT2D eigenvalue weighted by Crippen LogP contribution is -2.29. The highest BCUT2D eigenvalue weighted by molar-refractivity contribution is 5.69. The molecule has 0 bridgehead atoms. The molecular weight excluding hydrogens is 232 g/mol. The summed E-state index contributed by atoms with van der Waals surface area (Å²) in [5.41, 5.74) is 2.58. The van der Waals surface area contributed by atoms with E-state index in [1.54, 1.807) is 0 Å². The number of hydrogen-bond acceptors (Lipinski definition) is 2. The molecule has 2 heteroatoms. The highest BCUT2D eigenvalue weighted by atomic mass is 15.1. The Morgan fingerprint density at radius 2 is 1.84 bits per heavy atom. The number of para-hydroxylation sites is 2. The molecule has 0 fully saturated rings. The standard InChI is InChI=1S/C17H30N2/c1-5-6-7-10-13-19(14-15(2)3)17-12-9-8-11-16(17)18-4/h8-9,11-12,15,18H,5-7,10,13-14H2,1-4H3. The summed E-state index contributed by atoms with van der Waals surface area (Å²) in [5, 5.41) is 3.31. The smallest absolute Gasteiger partial charge is 0.0601 e. The molecule has 0 aliphatic heterocycles. The monoisotopic (exact) mass is 262 g/mol. The number of anilines is 2. The van der Waals surface area contributed by atoms with Crippen molar-refractivity contribution in [2.24, 2.45) is 5.92 Å². The van der Waals surface area contributed by atoms with Crippen LogP contribution in [0.5, 0.6) is 0 Å². The summed E-state index contributed by atoms with van der Waals surface area (Å²) in [6, 6.07) is 8.62. The SMILES string of the molecule is CCCCCCN(CC(C)C)c1ccccc1NC. The molecule has 0 heterocycles. The highest BCUT2D eigenvalue weighted by Crippen LogP contribution is 2.26. The van der Waals surface area contributed by atoms with Gasteiger partial charge in [-0.3, -0.25) is 0 Å². The first kappa shape index (κ1) is 15.9. The molecule has 0 aliphatic rings. The molecule has 0 radical (unpaired) electrons. The second-order valence-corrected chi connectivity index (χ2v) is 5.67. The van der Waals surface area contributed by atoms with E-state index >= 15 is 0 Å². The van der Waals surface area contributed by atoms with Crippen molar-refractivity contribution < 1.29 is 0 Å². The molecule has 1 rings (SSSR count). The predicted octanol–water partition coefficient (Wildman–Crippen LogP) is 4.77. The number of hydrogen-bond donors (Lipinski definition) is 1. The molecule has 0 saturated carbocycles. The molecule has 1 aromatic carbocycles. The van der Waals surface area contributed by atoms with Gasteiger partial charge in [-0.25, -0.2) is 0 Å². The first-order valence-electron chi connectivity index (χ1n) is 7.70. The van der Waals surface area contributed by atoms with Gasteiger partial charge in [0, 0.05) is 20.1 Å². The van der Waals surface area contributed by atoms with Crippen LogP contribution in [0.3, 0.4) is 0 Å². The van der Waals surface area contributed by atoms with E-state index in [-0.39, 0.29) is 0 Å². The van der Waals surface area contributed by atoms with Crippen LogP contribution in [-0.2, 0) is 0 Å². The van der Waals surface area contributed by atoms with Crippen molar-refractivity contribution in [3.63, 3.8) is 0 Å². The van der Waals surface area contributed by atoms with E-state index in [1.165, 1.54) is 37.1 Å². The van der Waals surface area contributed by atoms with Gasteiger partial charge in [0.1, 0.15) is 0 Å². The molecule has 0 unspecified atom stereocenters. The maximum Gasteiger partial charge on any atom is 0.0601 e.